The molecule has 0 saturated carbocycles. The molecule has 0 aromatic carbocycles. The van der Waals surface area contributed by atoms with Crippen molar-refractivity contribution >= 4 is 5.97 Å². The lowest BCUT2D eigenvalue weighted by molar-refractivity contribution is -0.152. The fraction of sp³-hybridized carbons (Fsp3) is 0.750. The number of aliphatic carboxylic acids is 1. The van der Waals surface area contributed by atoms with Crippen molar-refractivity contribution in [3.63, 3.8) is 0 Å². The number of hydrogen-bond donors (Lipinski definition) is 1. The van der Waals surface area contributed by atoms with E-state index in [1.54, 1.807) is 0 Å². The average Bonchev–Trinajstić information content (AvgIpc) is 2.74. The first kappa shape index (κ1) is 10.7. The summed E-state index contributed by atoms with van der Waals surface area (Å²) in [4.78, 5) is 11.4. The van der Waals surface area contributed by atoms with Crippen LogP contribution < -0.4 is 0 Å². The number of carbonyl (C=O) groups is 1. The van der Waals surface area contributed by atoms with Crippen molar-refractivity contribution in [3.05, 3.63) is 12.2 Å². The number of rotatable bonds is 4. The molecule has 0 radical (unpaired) electrons. The minimum absolute atomic E-state index is 0.0562. The zero-order chi connectivity index (χ0) is 11.1. The Morgan fingerprint density at radius 1 is 1.60 bits per heavy atom. The van der Waals surface area contributed by atoms with Crippen molar-refractivity contribution in [2.45, 2.75) is 51.2 Å². The summed E-state index contributed by atoms with van der Waals surface area (Å²) in [5.41, 5.74) is 0.431. The van der Waals surface area contributed by atoms with E-state index in [0.717, 1.165) is 24.8 Å². The highest BCUT2D eigenvalue weighted by atomic mass is 16.5. The molecule has 2 rings (SSSR count). The van der Waals surface area contributed by atoms with E-state index in [0.29, 0.717) is 12.8 Å². The first-order chi connectivity index (χ1) is 7.04. The molecule has 0 aromatic rings. The molecule has 0 aromatic heterocycles. The van der Waals surface area contributed by atoms with Gasteiger partial charge in [-0.1, -0.05) is 5.57 Å². The van der Waals surface area contributed by atoms with Gasteiger partial charge in [0.05, 0.1) is 17.6 Å². The Kier molecular flexibility index (Phi) is 2.59. The van der Waals surface area contributed by atoms with Gasteiger partial charge in [-0.2, -0.15) is 0 Å². The molecule has 3 heteroatoms. The molecule has 2 aliphatic heterocycles. The molecule has 0 amide bonds. The second kappa shape index (κ2) is 3.63. The van der Waals surface area contributed by atoms with Crippen LogP contribution in [-0.4, -0.2) is 23.3 Å². The van der Waals surface area contributed by atoms with E-state index >= 15 is 0 Å². The van der Waals surface area contributed by atoms with Crippen molar-refractivity contribution in [3.8, 4) is 0 Å². The van der Waals surface area contributed by atoms with Crippen LogP contribution in [0.2, 0.25) is 0 Å². The SMILES string of the molecule is C=C(C)CCC1(C(=O)O)CC2CCC1O2. The summed E-state index contributed by atoms with van der Waals surface area (Å²) < 4.78 is 5.67. The van der Waals surface area contributed by atoms with Crippen molar-refractivity contribution in [2.24, 2.45) is 5.41 Å². The summed E-state index contributed by atoms with van der Waals surface area (Å²) in [5, 5.41) is 9.39. The van der Waals surface area contributed by atoms with E-state index in [4.69, 9.17) is 4.74 Å². The number of ether oxygens (including phenoxy) is 1. The van der Waals surface area contributed by atoms with Gasteiger partial charge in [0.25, 0.3) is 0 Å². The zero-order valence-electron chi connectivity index (χ0n) is 9.16. The molecule has 0 aliphatic carbocycles. The van der Waals surface area contributed by atoms with Crippen LogP contribution >= 0.6 is 0 Å². The lowest BCUT2D eigenvalue weighted by atomic mass is 9.70. The van der Waals surface area contributed by atoms with Crippen LogP contribution in [0.25, 0.3) is 0 Å². The van der Waals surface area contributed by atoms with Gasteiger partial charge in [0, 0.05) is 0 Å². The second-order valence-corrected chi connectivity index (χ2v) is 4.95. The van der Waals surface area contributed by atoms with Gasteiger partial charge in [-0.05, 0) is 39.0 Å². The molecule has 0 spiro atoms. The van der Waals surface area contributed by atoms with Crippen LogP contribution in [-0.2, 0) is 9.53 Å². The topological polar surface area (TPSA) is 46.5 Å². The van der Waals surface area contributed by atoms with Crippen molar-refractivity contribution in [1.29, 1.82) is 0 Å². The third-order valence-corrected chi connectivity index (χ3v) is 3.74. The number of carboxylic acid groups (broad SMARTS) is 1. The molecule has 2 saturated heterocycles. The van der Waals surface area contributed by atoms with Crippen LogP contribution in [0.3, 0.4) is 0 Å². The Hall–Kier alpha value is -0.830. The summed E-state index contributed by atoms with van der Waals surface area (Å²) in [7, 11) is 0. The van der Waals surface area contributed by atoms with Gasteiger partial charge < -0.3 is 9.84 Å². The Morgan fingerprint density at radius 2 is 2.33 bits per heavy atom. The maximum atomic E-state index is 11.4. The van der Waals surface area contributed by atoms with Gasteiger partial charge in [-0.3, -0.25) is 4.79 Å². The van der Waals surface area contributed by atoms with Crippen LogP contribution in [0.1, 0.15) is 39.0 Å². The highest BCUT2D eigenvalue weighted by Gasteiger charge is 2.56. The van der Waals surface area contributed by atoms with E-state index in [1.165, 1.54) is 0 Å². The van der Waals surface area contributed by atoms with Crippen molar-refractivity contribution in [2.75, 3.05) is 0 Å². The van der Waals surface area contributed by atoms with Crippen LogP contribution in [0.5, 0.6) is 0 Å². The zero-order valence-corrected chi connectivity index (χ0v) is 9.16. The highest BCUT2D eigenvalue weighted by molar-refractivity contribution is 5.76. The van der Waals surface area contributed by atoms with E-state index in [-0.39, 0.29) is 12.2 Å². The van der Waals surface area contributed by atoms with Gasteiger partial charge >= 0.3 is 5.97 Å². The number of hydrogen-bond acceptors (Lipinski definition) is 2. The third-order valence-electron chi connectivity index (χ3n) is 3.74. The molecule has 84 valence electrons. The number of fused-ring (bicyclic) bond motifs is 2. The molecule has 3 unspecified atom stereocenters. The Bertz CT molecular complexity index is 297. The first-order valence-corrected chi connectivity index (χ1v) is 5.58. The molecule has 15 heavy (non-hydrogen) atoms. The molecule has 1 N–H and O–H groups in total. The van der Waals surface area contributed by atoms with E-state index in [2.05, 4.69) is 6.58 Å². The summed E-state index contributed by atoms with van der Waals surface area (Å²) in [5.74, 6) is -0.684. The minimum atomic E-state index is -0.684. The largest absolute Gasteiger partial charge is 0.481 e. The molecule has 2 aliphatic rings. The molecular formula is C12H18O3. The number of allylic oxidation sites excluding steroid dienone is 1. The second-order valence-electron chi connectivity index (χ2n) is 4.95. The van der Waals surface area contributed by atoms with Crippen LogP contribution in [0.15, 0.2) is 12.2 Å². The minimum Gasteiger partial charge on any atom is -0.481 e. The van der Waals surface area contributed by atoms with Gasteiger partial charge in [-0.25, -0.2) is 0 Å². The maximum Gasteiger partial charge on any atom is 0.312 e. The van der Waals surface area contributed by atoms with Crippen LogP contribution in [0.4, 0.5) is 0 Å². The maximum absolute atomic E-state index is 11.4. The number of carboxylic acids is 1. The lowest BCUT2D eigenvalue weighted by Crippen LogP contribution is -2.40. The fourth-order valence-corrected chi connectivity index (χ4v) is 2.83. The summed E-state index contributed by atoms with van der Waals surface area (Å²) >= 11 is 0. The fourth-order valence-electron chi connectivity index (χ4n) is 2.83. The normalized spacial score (nSPS) is 38.2. The molecule has 2 heterocycles. The summed E-state index contributed by atoms with van der Waals surface area (Å²) in [6.45, 7) is 5.78. The third kappa shape index (κ3) is 1.69. The monoisotopic (exact) mass is 210 g/mol. The average molecular weight is 210 g/mol. The molecular weight excluding hydrogens is 192 g/mol. The molecule has 3 nitrogen and oxygen atoms in total. The predicted molar refractivity (Wildman–Crippen MR) is 56.6 cm³/mol. The Balaban J connectivity index is 2.12. The Labute approximate surface area is 90.1 Å². The van der Waals surface area contributed by atoms with Gasteiger partial charge in [0.1, 0.15) is 0 Å². The van der Waals surface area contributed by atoms with Gasteiger partial charge in [-0.15, -0.1) is 6.58 Å². The van der Waals surface area contributed by atoms with Crippen LogP contribution in [0, 0.1) is 5.41 Å². The highest BCUT2D eigenvalue weighted by Crippen LogP contribution is 2.50. The Morgan fingerprint density at radius 3 is 2.73 bits per heavy atom. The predicted octanol–water partition coefficient (Wildman–Crippen LogP) is 2.37. The smallest absolute Gasteiger partial charge is 0.312 e. The standard InChI is InChI=1S/C12H18O3/c1-8(2)5-6-12(11(13)14)7-9-3-4-10(12)15-9/h9-10H,1,3-7H2,2H3,(H,13,14). The quantitative estimate of drug-likeness (QED) is 0.724. The molecule has 3 atom stereocenters. The van der Waals surface area contributed by atoms with E-state index in [9.17, 15) is 9.90 Å². The first-order valence-electron chi connectivity index (χ1n) is 5.58. The van der Waals surface area contributed by atoms with E-state index < -0.39 is 11.4 Å². The molecule has 2 bridgehead atoms. The summed E-state index contributed by atoms with van der Waals surface area (Å²) in [6.07, 6.45) is 4.24. The lowest BCUT2D eigenvalue weighted by Gasteiger charge is -2.30. The molecule has 2 fully saturated rings. The van der Waals surface area contributed by atoms with Gasteiger partial charge in [0.2, 0.25) is 0 Å². The van der Waals surface area contributed by atoms with E-state index in [1.807, 2.05) is 6.92 Å². The summed E-state index contributed by atoms with van der Waals surface area (Å²) in [6, 6.07) is 0. The van der Waals surface area contributed by atoms with Crippen molar-refractivity contribution < 1.29 is 14.6 Å². The van der Waals surface area contributed by atoms with Gasteiger partial charge in [0.15, 0.2) is 0 Å². The van der Waals surface area contributed by atoms with Crippen molar-refractivity contribution in [1.82, 2.24) is 0 Å².